The van der Waals surface area contributed by atoms with Crippen molar-refractivity contribution in [2.45, 2.75) is 12.7 Å². The monoisotopic (exact) mass is 284 g/mol. The van der Waals surface area contributed by atoms with Gasteiger partial charge in [-0.25, -0.2) is 0 Å². The number of hydrogen-bond donors (Lipinski definition) is 4. The maximum absolute atomic E-state index is 12.5. The number of oxime groups is 1. The molecule has 0 spiro atoms. The molecule has 1 rings (SSSR count). The summed E-state index contributed by atoms with van der Waals surface area (Å²) in [5, 5.41) is 14.6. The van der Waals surface area contributed by atoms with E-state index < -0.39 is 24.5 Å². The van der Waals surface area contributed by atoms with Crippen molar-refractivity contribution in [3.8, 4) is 0 Å². The molecule has 0 bridgehead atoms. The highest BCUT2D eigenvalue weighted by Gasteiger charge is 2.42. The number of aromatic amines is 1. The van der Waals surface area contributed by atoms with E-state index in [0.29, 0.717) is 5.69 Å². The Balaban J connectivity index is 2.56. The minimum Gasteiger partial charge on any atom is -0.409 e. The lowest BCUT2D eigenvalue weighted by molar-refractivity contribution is -0.155. The van der Waals surface area contributed by atoms with E-state index >= 15 is 0 Å². The van der Waals surface area contributed by atoms with Gasteiger partial charge in [-0.15, -0.1) is 0 Å². The lowest BCUT2D eigenvalue weighted by atomic mass is 10.1. The molecular weight excluding hydrogens is 273 g/mol. The van der Waals surface area contributed by atoms with E-state index in [0.717, 1.165) is 11.3 Å². The molecule has 1 aromatic heterocycles. The van der Waals surface area contributed by atoms with Crippen molar-refractivity contribution < 1.29 is 18.4 Å². The zero-order chi connectivity index (χ0) is 13.8. The first-order chi connectivity index (χ1) is 8.34. The highest BCUT2D eigenvalue weighted by atomic mass is 32.1. The Morgan fingerprint density at radius 3 is 2.78 bits per heavy atom. The standard InChI is InChI=1S/C8H11F3N4O2S/c9-8(10,11)5(6(12)15-17)2-13-1-4-3-18-7(16)14-4/h3,5,13,17H,1-2H2,(H2,12,15)(H,14,16). The average Bonchev–Trinajstić information content (AvgIpc) is 2.68. The fraction of sp³-hybridized carbons (Fsp3) is 0.500. The number of nitrogens with two attached hydrogens (primary N) is 1. The number of hydrogen-bond acceptors (Lipinski definition) is 5. The van der Waals surface area contributed by atoms with E-state index in [1.54, 1.807) is 0 Å². The predicted molar refractivity (Wildman–Crippen MR) is 59.6 cm³/mol. The molecule has 1 aromatic rings. The third-order valence-electron chi connectivity index (χ3n) is 2.10. The molecule has 0 radical (unpaired) electrons. The molecule has 18 heavy (non-hydrogen) atoms. The van der Waals surface area contributed by atoms with Crippen molar-refractivity contribution in [3.63, 3.8) is 0 Å². The van der Waals surface area contributed by atoms with Crippen LogP contribution in [0, 0.1) is 5.92 Å². The Morgan fingerprint density at radius 2 is 2.33 bits per heavy atom. The van der Waals surface area contributed by atoms with Crippen molar-refractivity contribution in [1.29, 1.82) is 0 Å². The molecule has 0 aliphatic rings. The van der Waals surface area contributed by atoms with Crippen molar-refractivity contribution in [1.82, 2.24) is 10.3 Å². The van der Waals surface area contributed by atoms with Gasteiger partial charge >= 0.3 is 11.0 Å². The molecule has 0 amide bonds. The van der Waals surface area contributed by atoms with E-state index in [4.69, 9.17) is 10.9 Å². The van der Waals surface area contributed by atoms with Gasteiger partial charge in [0.2, 0.25) is 0 Å². The van der Waals surface area contributed by atoms with Gasteiger partial charge in [0, 0.05) is 24.2 Å². The van der Waals surface area contributed by atoms with Gasteiger partial charge in [-0.1, -0.05) is 16.5 Å². The minimum atomic E-state index is -4.61. The molecule has 5 N–H and O–H groups in total. The topological polar surface area (TPSA) is 104 Å². The van der Waals surface area contributed by atoms with E-state index in [1.165, 1.54) is 5.38 Å². The summed E-state index contributed by atoms with van der Waals surface area (Å²) in [6.07, 6.45) is -4.61. The predicted octanol–water partition coefficient (Wildman–Crippen LogP) is 0.451. The number of thiazole rings is 1. The summed E-state index contributed by atoms with van der Waals surface area (Å²) >= 11 is 0.918. The van der Waals surface area contributed by atoms with Crippen molar-refractivity contribution in [2.75, 3.05) is 6.54 Å². The Bertz CT molecular complexity index is 467. The van der Waals surface area contributed by atoms with Crippen LogP contribution in [0.1, 0.15) is 5.69 Å². The van der Waals surface area contributed by atoms with E-state index in [1.807, 2.05) is 0 Å². The fourth-order valence-electron chi connectivity index (χ4n) is 1.21. The molecule has 1 unspecified atom stereocenters. The fourth-order valence-corrected chi connectivity index (χ4v) is 1.79. The van der Waals surface area contributed by atoms with Gasteiger partial charge in [0.15, 0.2) is 5.84 Å². The van der Waals surface area contributed by atoms with E-state index in [-0.39, 0.29) is 11.4 Å². The Hall–Kier alpha value is -1.55. The van der Waals surface area contributed by atoms with E-state index in [9.17, 15) is 18.0 Å². The SMILES string of the molecule is NC(=NO)C(CNCc1csc(=O)[nH]1)C(F)(F)F. The average molecular weight is 284 g/mol. The van der Waals surface area contributed by atoms with Crippen molar-refractivity contribution >= 4 is 17.2 Å². The number of aromatic nitrogens is 1. The Kier molecular flexibility index (Phi) is 4.73. The molecule has 1 heterocycles. The van der Waals surface area contributed by atoms with Crippen LogP contribution < -0.4 is 15.9 Å². The number of amidine groups is 1. The summed E-state index contributed by atoms with van der Waals surface area (Å²) in [7, 11) is 0. The molecule has 0 saturated heterocycles. The second-order valence-corrected chi connectivity index (χ2v) is 4.27. The van der Waals surface area contributed by atoms with Gasteiger partial charge in [0.1, 0.15) is 5.92 Å². The van der Waals surface area contributed by atoms with Crippen LogP contribution in [-0.2, 0) is 6.54 Å². The van der Waals surface area contributed by atoms with Crippen LogP contribution in [0.15, 0.2) is 15.3 Å². The summed E-state index contributed by atoms with van der Waals surface area (Å²) < 4.78 is 37.6. The zero-order valence-corrected chi connectivity index (χ0v) is 9.81. The van der Waals surface area contributed by atoms with Gasteiger partial charge in [-0.2, -0.15) is 13.2 Å². The summed E-state index contributed by atoms with van der Waals surface area (Å²) in [5.41, 5.74) is 5.45. The van der Waals surface area contributed by atoms with Gasteiger partial charge in [-0.05, 0) is 0 Å². The number of H-pyrrole nitrogens is 1. The minimum absolute atomic E-state index is 0.0596. The van der Waals surface area contributed by atoms with Crippen molar-refractivity contribution in [2.24, 2.45) is 16.8 Å². The molecule has 0 aliphatic heterocycles. The van der Waals surface area contributed by atoms with Crippen LogP contribution in [0.25, 0.3) is 0 Å². The number of halogens is 3. The third kappa shape index (κ3) is 4.04. The smallest absolute Gasteiger partial charge is 0.400 e. The molecule has 6 nitrogen and oxygen atoms in total. The largest absolute Gasteiger partial charge is 0.409 e. The maximum atomic E-state index is 12.5. The number of alkyl halides is 3. The first kappa shape index (κ1) is 14.5. The molecular formula is C8H11F3N4O2S. The lowest BCUT2D eigenvalue weighted by Crippen LogP contribution is -2.42. The number of nitrogens with one attached hydrogen (secondary N) is 2. The van der Waals surface area contributed by atoms with Gasteiger partial charge < -0.3 is 21.2 Å². The molecule has 10 heteroatoms. The second kappa shape index (κ2) is 5.87. The molecule has 102 valence electrons. The first-order valence-electron chi connectivity index (χ1n) is 4.76. The molecule has 0 aromatic carbocycles. The van der Waals surface area contributed by atoms with Crippen LogP contribution >= 0.6 is 11.3 Å². The van der Waals surface area contributed by atoms with Gasteiger partial charge in [-0.3, -0.25) is 4.79 Å². The lowest BCUT2D eigenvalue weighted by Gasteiger charge is -2.19. The van der Waals surface area contributed by atoms with Crippen LogP contribution in [0.2, 0.25) is 0 Å². The maximum Gasteiger partial charge on any atom is 0.400 e. The number of nitrogens with zero attached hydrogens (tertiary/aromatic N) is 1. The quantitative estimate of drug-likeness (QED) is 0.273. The number of rotatable bonds is 5. The zero-order valence-electron chi connectivity index (χ0n) is 8.99. The first-order valence-corrected chi connectivity index (χ1v) is 5.64. The van der Waals surface area contributed by atoms with Gasteiger partial charge in [0.25, 0.3) is 0 Å². The van der Waals surface area contributed by atoms with E-state index in [2.05, 4.69) is 15.5 Å². The Labute approximate surface area is 103 Å². The molecule has 1 atom stereocenters. The molecule has 0 aliphatic carbocycles. The summed E-state index contributed by atoms with van der Waals surface area (Å²) in [5.74, 6) is -2.98. The normalized spacial score (nSPS) is 14.7. The van der Waals surface area contributed by atoms with Crippen LogP contribution in [0.4, 0.5) is 13.2 Å². The third-order valence-corrected chi connectivity index (χ3v) is 2.82. The highest BCUT2D eigenvalue weighted by Crippen LogP contribution is 2.25. The molecule has 0 saturated carbocycles. The summed E-state index contributed by atoms with van der Waals surface area (Å²) in [6, 6.07) is 0. The van der Waals surface area contributed by atoms with Crippen molar-refractivity contribution in [3.05, 3.63) is 20.7 Å². The second-order valence-electron chi connectivity index (χ2n) is 3.42. The highest BCUT2D eigenvalue weighted by molar-refractivity contribution is 7.07. The van der Waals surface area contributed by atoms with Crippen LogP contribution in [-0.4, -0.2) is 28.7 Å². The van der Waals surface area contributed by atoms with Crippen LogP contribution in [0.5, 0.6) is 0 Å². The van der Waals surface area contributed by atoms with Gasteiger partial charge in [0.05, 0.1) is 0 Å². The summed E-state index contributed by atoms with van der Waals surface area (Å²) in [6.45, 7) is -0.485. The van der Waals surface area contributed by atoms with Crippen LogP contribution in [0.3, 0.4) is 0 Å². The summed E-state index contributed by atoms with van der Waals surface area (Å²) in [4.78, 5) is 12.9. The Morgan fingerprint density at radius 1 is 1.67 bits per heavy atom. The molecule has 0 fully saturated rings.